The molecule has 66 heavy (non-hydrogen) atoms. The molecule has 0 aliphatic heterocycles. The number of hydrogen-bond donors (Lipinski definition) is 0. The summed E-state index contributed by atoms with van der Waals surface area (Å²) in [5.74, 6) is 0. The fourth-order valence-corrected chi connectivity index (χ4v) is 12.9. The van der Waals surface area contributed by atoms with Crippen LogP contribution in [-0.4, -0.2) is 0 Å². The Morgan fingerprint density at radius 3 is 1.24 bits per heavy atom. The first-order valence-corrected chi connectivity index (χ1v) is 24.2. The lowest BCUT2D eigenvalue weighted by Crippen LogP contribution is -2.20. The average Bonchev–Trinajstić information content (AvgIpc) is 4.20. The molecule has 0 aromatic heterocycles. The standard InChI is InChI=1S/C64H52N2/c1-4-20-46(21-5-1)53-44-47(36-39-58(53)66(49-24-8-3-9-25-49)60-33-19-31-57-62(60)52-27-11-13-29-55(52)64(57)42-16-17-43-64)45-34-37-50(38-35-45)65(48-22-6-2-7-23-48)59-32-18-30-56-61(59)51-26-10-12-28-54(51)63(56)40-14-15-41-63/h1-13,18-39,44H,14-17,40-43H2. The highest BCUT2D eigenvalue weighted by molar-refractivity contribution is 5.99. The van der Waals surface area contributed by atoms with Crippen LogP contribution in [-0.2, 0) is 10.8 Å². The second kappa shape index (κ2) is 15.6. The zero-order valence-corrected chi connectivity index (χ0v) is 37.3. The van der Waals surface area contributed by atoms with Gasteiger partial charge in [-0.2, -0.15) is 0 Å². The highest BCUT2D eigenvalue weighted by atomic mass is 15.2. The Morgan fingerprint density at radius 1 is 0.273 bits per heavy atom. The average molecular weight is 849 g/mol. The van der Waals surface area contributed by atoms with Gasteiger partial charge in [-0.15, -0.1) is 0 Å². The molecule has 2 saturated carbocycles. The molecule has 0 bridgehead atoms. The second-order valence-electron chi connectivity index (χ2n) is 19.1. The molecule has 0 radical (unpaired) electrons. The normalized spacial score (nSPS) is 15.6. The Bertz CT molecular complexity index is 3250. The summed E-state index contributed by atoms with van der Waals surface area (Å²) >= 11 is 0. The molecule has 9 aromatic carbocycles. The van der Waals surface area contributed by atoms with Crippen LogP contribution in [0.1, 0.15) is 73.6 Å². The molecule has 4 aliphatic rings. The molecule has 0 N–H and O–H groups in total. The van der Waals surface area contributed by atoms with Crippen molar-refractivity contribution in [3.8, 4) is 44.5 Å². The van der Waals surface area contributed by atoms with Crippen molar-refractivity contribution in [3.63, 3.8) is 0 Å². The maximum atomic E-state index is 2.53. The third-order valence-corrected chi connectivity index (χ3v) is 15.7. The second-order valence-corrected chi connectivity index (χ2v) is 19.1. The lowest BCUT2D eigenvalue weighted by atomic mass is 9.77. The van der Waals surface area contributed by atoms with Gasteiger partial charge in [0.25, 0.3) is 0 Å². The van der Waals surface area contributed by atoms with Gasteiger partial charge in [-0.3, -0.25) is 0 Å². The molecule has 4 aliphatic carbocycles. The fourth-order valence-electron chi connectivity index (χ4n) is 12.9. The van der Waals surface area contributed by atoms with Crippen molar-refractivity contribution in [2.45, 2.75) is 62.2 Å². The van der Waals surface area contributed by atoms with Gasteiger partial charge in [0.05, 0.1) is 17.1 Å². The maximum Gasteiger partial charge on any atom is 0.0543 e. The smallest absolute Gasteiger partial charge is 0.0543 e. The predicted octanol–water partition coefficient (Wildman–Crippen LogP) is 17.6. The lowest BCUT2D eigenvalue weighted by molar-refractivity contribution is 0.550. The van der Waals surface area contributed by atoms with E-state index in [2.05, 4.69) is 228 Å². The minimum atomic E-state index is 0.0852. The van der Waals surface area contributed by atoms with Gasteiger partial charge in [-0.05, 0) is 136 Å². The third kappa shape index (κ3) is 5.94. The zero-order valence-electron chi connectivity index (χ0n) is 37.3. The molecule has 318 valence electrons. The summed E-state index contributed by atoms with van der Waals surface area (Å²) in [6.45, 7) is 0. The summed E-state index contributed by atoms with van der Waals surface area (Å²) in [6, 6.07) is 81.9. The molecule has 2 fully saturated rings. The van der Waals surface area contributed by atoms with E-state index in [1.807, 2.05) is 0 Å². The first-order valence-electron chi connectivity index (χ1n) is 24.2. The van der Waals surface area contributed by atoms with E-state index in [-0.39, 0.29) is 10.8 Å². The van der Waals surface area contributed by atoms with Crippen molar-refractivity contribution in [2.24, 2.45) is 0 Å². The summed E-state index contributed by atoms with van der Waals surface area (Å²) in [4.78, 5) is 5.01. The van der Waals surface area contributed by atoms with Gasteiger partial charge in [0.15, 0.2) is 0 Å². The monoisotopic (exact) mass is 848 g/mol. The molecule has 0 saturated heterocycles. The molecule has 13 rings (SSSR count). The van der Waals surface area contributed by atoms with Gasteiger partial charge in [0.1, 0.15) is 0 Å². The van der Waals surface area contributed by atoms with E-state index < -0.39 is 0 Å². The van der Waals surface area contributed by atoms with E-state index in [1.165, 1.54) is 135 Å². The van der Waals surface area contributed by atoms with Gasteiger partial charge in [0.2, 0.25) is 0 Å². The maximum absolute atomic E-state index is 2.53. The van der Waals surface area contributed by atoms with E-state index in [4.69, 9.17) is 0 Å². The Kier molecular flexibility index (Phi) is 9.24. The van der Waals surface area contributed by atoms with Crippen LogP contribution in [0.5, 0.6) is 0 Å². The number of hydrogen-bond acceptors (Lipinski definition) is 2. The van der Waals surface area contributed by atoms with Crippen LogP contribution in [0.3, 0.4) is 0 Å². The van der Waals surface area contributed by atoms with Gasteiger partial charge >= 0.3 is 0 Å². The number of para-hydroxylation sites is 2. The molecule has 0 amide bonds. The molecule has 0 unspecified atom stereocenters. The van der Waals surface area contributed by atoms with Crippen molar-refractivity contribution in [1.82, 2.24) is 0 Å². The van der Waals surface area contributed by atoms with Crippen molar-refractivity contribution in [2.75, 3.05) is 9.80 Å². The summed E-state index contributed by atoms with van der Waals surface area (Å²) in [5, 5.41) is 0. The molecule has 2 nitrogen and oxygen atoms in total. The Morgan fingerprint density at radius 2 is 0.697 bits per heavy atom. The summed E-state index contributed by atoms with van der Waals surface area (Å²) < 4.78 is 0. The van der Waals surface area contributed by atoms with Crippen LogP contribution in [0.15, 0.2) is 218 Å². The molecular weight excluding hydrogens is 797 g/mol. The molecule has 9 aromatic rings. The summed E-state index contributed by atoms with van der Waals surface area (Å²) in [7, 11) is 0. The minimum Gasteiger partial charge on any atom is -0.310 e. The lowest BCUT2D eigenvalue weighted by Gasteiger charge is -2.31. The van der Waals surface area contributed by atoms with Crippen LogP contribution < -0.4 is 9.80 Å². The third-order valence-electron chi connectivity index (χ3n) is 15.7. The van der Waals surface area contributed by atoms with Gasteiger partial charge in [0, 0.05) is 44.6 Å². The Labute approximate surface area is 389 Å². The van der Waals surface area contributed by atoms with E-state index in [0.29, 0.717) is 0 Å². The Balaban J connectivity index is 0.948. The first kappa shape index (κ1) is 39.0. The van der Waals surface area contributed by atoms with Crippen LogP contribution >= 0.6 is 0 Å². The molecule has 0 heterocycles. The quantitative estimate of drug-likeness (QED) is 0.150. The molecular formula is C64H52N2. The fraction of sp³-hybridized carbons (Fsp3) is 0.156. The molecule has 2 spiro atoms. The zero-order chi connectivity index (χ0) is 43.7. The molecule has 0 atom stereocenters. The van der Waals surface area contributed by atoms with Gasteiger partial charge < -0.3 is 9.80 Å². The summed E-state index contributed by atoms with van der Waals surface area (Å²) in [5.41, 5.74) is 23.6. The highest BCUT2D eigenvalue weighted by Gasteiger charge is 2.47. The number of fused-ring (bicyclic) bond motifs is 10. The van der Waals surface area contributed by atoms with Crippen molar-refractivity contribution < 1.29 is 0 Å². The largest absolute Gasteiger partial charge is 0.310 e. The van der Waals surface area contributed by atoms with Crippen LogP contribution in [0.4, 0.5) is 34.1 Å². The van der Waals surface area contributed by atoms with Crippen molar-refractivity contribution in [1.29, 1.82) is 0 Å². The Hall–Kier alpha value is -7.42. The summed E-state index contributed by atoms with van der Waals surface area (Å²) in [6.07, 6.45) is 9.96. The SMILES string of the molecule is c1ccc(-c2cc(-c3ccc(N(c4ccccc4)c4cccc5c4-c4ccccc4C54CCCC4)cc3)ccc2N(c2ccccc2)c2cccc3c2-c2ccccc2C32CCCC2)cc1. The van der Waals surface area contributed by atoms with Crippen LogP contribution in [0.25, 0.3) is 44.5 Å². The number of anilines is 6. The van der Waals surface area contributed by atoms with E-state index in [9.17, 15) is 0 Å². The van der Waals surface area contributed by atoms with Gasteiger partial charge in [-0.1, -0.05) is 183 Å². The first-order chi connectivity index (χ1) is 32.7. The molecule has 2 heteroatoms. The number of nitrogens with zero attached hydrogens (tertiary/aromatic N) is 2. The number of rotatable bonds is 8. The van der Waals surface area contributed by atoms with E-state index >= 15 is 0 Å². The van der Waals surface area contributed by atoms with Crippen molar-refractivity contribution >= 4 is 34.1 Å². The number of benzene rings is 9. The highest BCUT2D eigenvalue weighted by Crippen LogP contribution is 2.62. The van der Waals surface area contributed by atoms with E-state index in [1.54, 1.807) is 0 Å². The van der Waals surface area contributed by atoms with Crippen LogP contribution in [0.2, 0.25) is 0 Å². The van der Waals surface area contributed by atoms with Crippen molar-refractivity contribution in [3.05, 3.63) is 241 Å². The van der Waals surface area contributed by atoms with E-state index in [0.717, 1.165) is 17.1 Å². The van der Waals surface area contributed by atoms with Crippen LogP contribution in [0, 0.1) is 0 Å². The topological polar surface area (TPSA) is 6.48 Å². The van der Waals surface area contributed by atoms with Gasteiger partial charge in [-0.25, -0.2) is 0 Å². The minimum absolute atomic E-state index is 0.0852. The predicted molar refractivity (Wildman–Crippen MR) is 276 cm³/mol.